The summed E-state index contributed by atoms with van der Waals surface area (Å²) in [6, 6.07) is 4.48. The SMILES string of the molecule is CS(=O)(=O)NC(=O)[C@H](N)Cc1ccc(F)cc1.Cl. The maximum Gasteiger partial charge on any atom is 0.250 e. The van der Waals surface area contributed by atoms with Crippen LogP contribution in [0.25, 0.3) is 0 Å². The summed E-state index contributed by atoms with van der Waals surface area (Å²) in [5.74, 6) is -1.17. The van der Waals surface area contributed by atoms with Crippen molar-refractivity contribution in [3.63, 3.8) is 0 Å². The Hall–Kier alpha value is -1.18. The maximum atomic E-state index is 12.6. The molecule has 0 bridgehead atoms. The molecule has 0 aliphatic heterocycles. The molecule has 0 radical (unpaired) electrons. The van der Waals surface area contributed by atoms with Gasteiger partial charge < -0.3 is 5.73 Å². The third kappa shape index (κ3) is 5.95. The molecule has 0 saturated carbocycles. The number of nitrogens with one attached hydrogen (secondary N) is 1. The topological polar surface area (TPSA) is 89.3 Å². The van der Waals surface area contributed by atoms with Crippen LogP contribution in [0.4, 0.5) is 4.39 Å². The van der Waals surface area contributed by atoms with Crippen LogP contribution in [0.2, 0.25) is 0 Å². The van der Waals surface area contributed by atoms with Crippen LogP contribution in [0.1, 0.15) is 5.56 Å². The van der Waals surface area contributed by atoms with E-state index in [9.17, 15) is 17.6 Å². The van der Waals surface area contributed by atoms with Gasteiger partial charge >= 0.3 is 0 Å². The van der Waals surface area contributed by atoms with Crippen molar-refractivity contribution in [3.8, 4) is 0 Å². The predicted molar refractivity (Wildman–Crippen MR) is 68.3 cm³/mol. The maximum absolute atomic E-state index is 12.6. The highest BCUT2D eigenvalue weighted by molar-refractivity contribution is 7.89. The fourth-order valence-corrected chi connectivity index (χ4v) is 1.74. The summed E-state index contributed by atoms with van der Waals surface area (Å²) in [5, 5.41) is 0. The molecule has 0 saturated heterocycles. The average Bonchev–Trinajstić information content (AvgIpc) is 2.19. The first-order chi connectivity index (χ1) is 7.78. The van der Waals surface area contributed by atoms with Gasteiger partial charge in [0.15, 0.2) is 0 Å². The van der Waals surface area contributed by atoms with Crippen molar-refractivity contribution in [1.29, 1.82) is 0 Å². The Balaban J connectivity index is 0.00000289. The minimum Gasteiger partial charge on any atom is -0.320 e. The van der Waals surface area contributed by atoms with E-state index in [4.69, 9.17) is 5.73 Å². The fraction of sp³-hybridized carbons (Fsp3) is 0.300. The van der Waals surface area contributed by atoms with Crippen molar-refractivity contribution in [3.05, 3.63) is 35.6 Å². The Morgan fingerprint density at radius 2 is 1.89 bits per heavy atom. The van der Waals surface area contributed by atoms with Gasteiger partial charge in [-0.2, -0.15) is 0 Å². The second kappa shape index (κ2) is 6.67. The van der Waals surface area contributed by atoms with Crippen LogP contribution in [-0.4, -0.2) is 26.6 Å². The van der Waals surface area contributed by atoms with Gasteiger partial charge in [0.05, 0.1) is 12.3 Å². The molecular weight excluding hydrogens is 283 g/mol. The molecule has 3 N–H and O–H groups in total. The number of halogens is 2. The summed E-state index contributed by atoms with van der Waals surface area (Å²) in [6.07, 6.45) is 1.01. The predicted octanol–water partition coefficient (Wildman–Crippen LogP) is 0.193. The van der Waals surface area contributed by atoms with Gasteiger partial charge in [0.1, 0.15) is 5.82 Å². The van der Waals surface area contributed by atoms with Crippen LogP contribution in [0, 0.1) is 5.82 Å². The van der Waals surface area contributed by atoms with E-state index in [0.29, 0.717) is 5.56 Å². The molecular formula is C10H14ClFN2O3S. The molecule has 0 fully saturated rings. The largest absolute Gasteiger partial charge is 0.320 e. The zero-order valence-electron chi connectivity index (χ0n) is 9.59. The van der Waals surface area contributed by atoms with Crippen molar-refractivity contribution >= 4 is 28.3 Å². The highest BCUT2D eigenvalue weighted by atomic mass is 35.5. The molecule has 1 aromatic rings. The molecule has 0 unspecified atom stereocenters. The van der Waals surface area contributed by atoms with Gasteiger partial charge in [0, 0.05) is 0 Å². The molecule has 8 heteroatoms. The zero-order valence-corrected chi connectivity index (χ0v) is 11.2. The standard InChI is InChI=1S/C10H13FN2O3S.ClH/c1-17(15,16)13-10(14)9(12)6-7-2-4-8(11)5-3-7;/h2-5,9H,6,12H2,1H3,(H,13,14);1H/t9-;/m1./s1. The third-order valence-electron chi connectivity index (χ3n) is 1.99. The Bertz CT molecular complexity index is 504. The number of hydrogen-bond donors (Lipinski definition) is 2. The number of rotatable bonds is 4. The first kappa shape index (κ1) is 16.8. The van der Waals surface area contributed by atoms with Crippen molar-refractivity contribution in [1.82, 2.24) is 4.72 Å². The van der Waals surface area contributed by atoms with Gasteiger partial charge in [0.2, 0.25) is 10.0 Å². The van der Waals surface area contributed by atoms with Crippen LogP contribution in [0.5, 0.6) is 0 Å². The van der Waals surface area contributed by atoms with E-state index in [0.717, 1.165) is 6.26 Å². The molecule has 0 spiro atoms. The second-order valence-electron chi connectivity index (χ2n) is 3.68. The minimum atomic E-state index is -3.61. The molecule has 0 aliphatic rings. The van der Waals surface area contributed by atoms with Crippen molar-refractivity contribution in [2.24, 2.45) is 5.73 Å². The van der Waals surface area contributed by atoms with Crippen LogP contribution in [0.15, 0.2) is 24.3 Å². The van der Waals surface area contributed by atoms with Gasteiger partial charge in [0.25, 0.3) is 5.91 Å². The van der Waals surface area contributed by atoms with Crippen molar-refractivity contribution in [2.75, 3.05) is 6.26 Å². The first-order valence-electron chi connectivity index (χ1n) is 4.79. The smallest absolute Gasteiger partial charge is 0.250 e. The van der Waals surface area contributed by atoms with E-state index < -0.39 is 22.0 Å². The number of amides is 1. The lowest BCUT2D eigenvalue weighted by Gasteiger charge is -2.10. The highest BCUT2D eigenvalue weighted by Crippen LogP contribution is 2.05. The fourth-order valence-electron chi connectivity index (χ4n) is 1.23. The number of carbonyl (C=O) groups excluding carboxylic acids is 1. The van der Waals surface area contributed by atoms with Crippen molar-refractivity contribution < 1.29 is 17.6 Å². The average molecular weight is 297 g/mol. The second-order valence-corrected chi connectivity index (χ2v) is 5.42. The van der Waals surface area contributed by atoms with Crippen molar-refractivity contribution in [2.45, 2.75) is 12.5 Å². The lowest BCUT2D eigenvalue weighted by atomic mass is 10.1. The Morgan fingerprint density at radius 3 is 2.33 bits per heavy atom. The molecule has 18 heavy (non-hydrogen) atoms. The lowest BCUT2D eigenvalue weighted by Crippen LogP contribution is -2.44. The van der Waals surface area contributed by atoms with Gasteiger partial charge in [-0.3, -0.25) is 9.52 Å². The van der Waals surface area contributed by atoms with E-state index in [2.05, 4.69) is 0 Å². The summed E-state index contributed by atoms with van der Waals surface area (Å²) in [6.45, 7) is 0. The van der Waals surface area contributed by atoms with E-state index in [1.807, 2.05) is 0 Å². The van der Waals surface area contributed by atoms with Gasteiger partial charge in [-0.25, -0.2) is 12.8 Å². The molecule has 1 aromatic carbocycles. The number of benzene rings is 1. The lowest BCUT2D eigenvalue weighted by molar-refractivity contribution is -0.120. The first-order valence-corrected chi connectivity index (χ1v) is 6.69. The summed E-state index contributed by atoms with van der Waals surface area (Å²) < 4.78 is 36.0. The molecule has 0 aliphatic carbocycles. The number of hydrogen-bond acceptors (Lipinski definition) is 4. The summed E-state index contributed by atoms with van der Waals surface area (Å²) in [7, 11) is -3.61. The Kier molecular flexibility index (Phi) is 6.23. The monoisotopic (exact) mass is 296 g/mol. The number of carbonyl (C=O) groups is 1. The van der Waals surface area contributed by atoms with Crippen LogP contribution in [-0.2, 0) is 21.2 Å². The zero-order chi connectivity index (χ0) is 13.1. The molecule has 1 amide bonds. The quantitative estimate of drug-likeness (QED) is 0.830. The number of sulfonamides is 1. The Morgan fingerprint density at radius 1 is 1.39 bits per heavy atom. The normalized spacial score (nSPS) is 12.4. The molecule has 1 atom stereocenters. The van der Waals surface area contributed by atoms with Crippen LogP contribution >= 0.6 is 12.4 Å². The third-order valence-corrected chi connectivity index (χ3v) is 2.56. The minimum absolute atomic E-state index is 0. The van der Waals surface area contributed by atoms with Gasteiger partial charge in [-0.15, -0.1) is 12.4 Å². The molecule has 102 valence electrons. The van der Waals surface area contributed by atoms with Gasteiger partial charge in [-0.1, -0.05) is 12.1 Å². The van der Waals surface area contributed by atoms with Crippen LogP contribution in [0.3, 0.4) is 0 Å². The summed E-state index contributed by atoms with van der Waals surface area (Å²) in [5.41, 5.74) is 6.18. The highest BCUT2D eigenvalue weighted by Gasteiger charge is 2.17. The summed E-state index contributed by atoms with van der Waals surface area (Å²) >= 11 is 0. The molecule has 0 heterocycles. The molecule has 1 rings (SSSR count). The van der Waals surface area contributed by atoms with E-state index in [1.54, 1.807) is 4.72 Å². The van der Waals surface area contributed by atoms with E-state index in [-0.39, 0.29) is 24.6 Å². The van der Waals surface area contributed by atoms with E-state index in [1.165, 1.54) is 24.3 Å². The Labute approximate surface area is 111 Å². The van der Waals surface area contributed by atoms with Gasteiger partial charge in [-0.05, 0) is 24.1 Å². The molecule has 0 aromatic heterocycles. The van der Waals surface area contributed by atoms with E-state index >= 15 is 0 Å². The molecule has 5 nitrogen and oxygen atoms in total. The number of nitrogens with two attached hydrogens (primary N) is 1. The van der Waals surface area contributed by atoms with Crippen LogP contribution < -0.4 is 10.5 Å². The summed E-state index contributed by atoms with van der Waals surface area (Å²) in [4.78, 5) is 11.3.